The second-order valence-corrected chi connectivity index (χ2v) is 5.83. The van der Waals surface area contributed by atoms with E-state index < -0.39 is 0 Å². The molecule has 1 atom stereocenters. The van der Waals surface area contributed by atoms with Crippen LogP contribution in [0.4, 0.5) is 5.82 Å². The number of anilines is 1. The zero-order valence-corrected chi connectivity index (χ0v) is 13.8. The van der Waals surface area contributed by atoms with Crippen molar-refractivity contribution in [3.05, 3.63) is 48.4 Å². The molecule has 0 saturated carbocycles. The third-order valence-corrected chi connectivity index (χ3v) is 4.24. The molecule has 0 radical (unpaired) electrons. The molecule has 1 aliphatic heterocycles. The largest absolute Gasteiger partial charge is 0.492 e. The van der Waals surface area contributed by atoms with E-state index in [4.69, 9.17) is 4.74 Å². The van der Waals surface area contributed by atoms with Crippen LogP contribution >= 0.6 is 0 Å². The molecule has 1 saturated heterocycles. The summed E-state index contributed by atoms with van der Waals surface area (Å²) in [6.45, 7) is 6.33. The highest BCUT2D eigenvalue weighted by atomic mass is 16.5. The molecular formula is C18H21N5O. The van der Waals surface area contributed by atoms with Crippen LogP contribution in [0.5, 0.6) is 5.75 Å². The van der Waals surface area contributed by atoms with Crippen molar-refractivity contribution in [1.82, 2.24) is 14.9 Å². The number of piperazine rings is 1. The number of para-hydroxylation sites is 1. The lowest BCUT2D eigenvalue weighted by Gasteiger charge is -2.40. The van der Waals surface area contributed by atoms with Crippen molar-refractivity contribution in [3.8, 4) is 11.8 Å². The van der Waals surface area contributed by atoms with Crippen LogP contribution in [0, 0.1) is 11.3 Å². The van der Waals surface area contributed by atoms with Gasteiger partial charge in [0.05, 0.1) is 0 Å². The molecule has 1 aromatic heterocycles. The first-order valence-electron chi connectivity index (χ1n) is 8.16. The second-order valence-electron chi connectivity index (χ2n) is 5.83. The monoisotopic (exact) mass is 323 g/mol. The Balaban J connectivity index is 1.53. The molecule has 1 unspecified atom stereocenters. The first-order chi connectivity index (χ1) is 11.8. The molecule has 0 bridgehead atoms. The lowest BCUT2D eigenvalue weighted by Crippen LogP contribution is -2.53. The van der Waals surface area contributed by atoms with Crippen LogP contribution in [-0.2, 0) is 0 Å². The van der Waals surface area contributed by atoms with E-state index in [1.54, 1.807) is 12.4 Å². The molecule has 6 heteroatoms. The molecule has 1 fully saturated rings. The lowest BCUT2D eigenvalue weighted by atomic mass is 10.2. The summed E-state index contributed by atoms with van der Waals surface area (Å²) >= 11 is 0. The Labute approximate surface area is 142 Å². The molecule has 1 aliphatic rings. The van der Waals surface area contributed by atoms with Crippen molar-refractivity contribution in [2.45, 2.75) is 13.0 Å². The quantitative estimate of drug-likeness (QED) is 0.838. The number of ether oxygens (including phenoxy) is 1. The molecule has 1 aromatic carbocycles. The normalized spacial score (nSPS) is 18.2. The van der Waals surface area contributed by atoms with Crippen LogP contribution in [-0.4, -0.2) is 53.7 Å². The van der Waals surface area contributed by atoms with Crippen LogP contribution in [0.2, 0.25) is 0 Å². The predicted octanol–water partition coefficient (Wildman–Crippen LogP) is 1.94. The van der Waals surface area contributed by atoms with Gasteiger partial charge in [0.25, 0.3) is 0 Å². The molecule has 3 rings (SSSR count). The fourth-order valence-electron chi connectivity index (χ4n) is 2.96. The molecule has 2 aromatic rings. The topological polar surface area (TPSA) is 65.3 Å². The number of hydrogen-bond acceptors (Lipinski definition) is 6. The summed E-state index contributed by atoms with van der Waals surface area (Å²) in [6, 6.07) is 12.4. The number of nitriles is 1. The Kier molecular flexibility index (Phi) is 5.24. The van der Waals surface area contributed by atoms with Crippen LogP contribution in [0.3, 0.4) is 0 Å². The Bertz CT molecular complexity index is 700. The highest BCUT2D eigenvalue weighted by molar-refractivity contribution is 5.49. The summed E-state index contributed by atoms with van der Waals surface area (Å²) in [4.78, 5) is 13.0. The van der Waals surface area contributed by atoms with E-state index >= 15 is 0 Å². The Hall–Kier alpha value is -2.65. The molecule has 124 valence electrons. The van der Waals surface area contributed by atoms with Gasteiger partial charge in [0.2, 0.25) is 0 Å². The minimum atomic E-state index is 0.367. The van der Waals surface area contributed by atoms with Gasteiger partial charge in [-0.25, -0.2) is 9.97 Å². The minimum Gasteiger partial charge on any atom is -0.492 e. The van der Waals surface area contributed by atoms with Gasteiger partial charge < -0.3 is 9.64 Å². The molecular weight excluding hydrogens is 302 g/mol. The summed E-state index contributed by atoms with van der Waals surface area (Å²) in [6.07, 6.45) is 3.20. The molecule has 6 nitrogen and oxygen atoms in total. The maximum absolute atomic E-state index is 9.19. The van der Waals surface area contributed by atoms with E-state index in [0.29, 0.717) is 24.2 Å². The van der Waals surface area contributed by atoms with Crippen molar-refractivity contribution in [3.63, 3.8) is 0 Å². The SMILES string of the molecule is CC1CN(c2nccnc2C#N)CCN1CCOc1ccccc1. The van der Waals surface area contributed by atoms with Crippen molar-refractivity contribution < 1.29 is 4.74 Å². The van der Waals surface area contributed by atoms with E-state index in [-0.39, 0.29) is 0 Å². The van der Waals surface area contributed by atoms with Gasteiger partial charge in [-0.15, -0.1) is 0 Å². The van der Waals surface area contributed by atoms with Gasteiger partial charge in [0.1, 0.15) is 18.4 Å². The number of rotatable bonds is 5. The second kappa shape index (κ2) is 7.75. The van der Waals surface area contributed by atoms with Crippen molar-refractivity contribution >= 4 is 5.82 Å². The average molecular weight is 323 g/mol. The van der Waals surface area contributed by atoms with E-state index in [2.05, 4.69) is 32.8 Å². The van der Waals surface area contributed by atoms with Gasteiger partial charge >= 0.3 is 0 Å². The molecule has 0 amide bonds. The van der Waals surface area contributed by atoms with Crippen molar-refractivity contribution in [1.29, 1.82) is 5.26 Å². The zero-order valence-electron chi connectivity index (χ0n) is 13.8. The van der Waals surface area contributed by atoms with Gasteiger partial charge in [-0.05, 0) is 19.1 Å². The number of nitrogens with zero attached hydrogens (tertiary/aromatic N) is 5. The van der Waals surface area contributed by atoms with Crippen molar-refractivity contribution in [2.24, 2.45) is 0 Å². The van der Waals surface area contributed by atoms with Crippen LogP contribution in [0.1, 0.15) is 12.6 Å². The Morgan fingerprint density at radius 2 is 2.00 bits per heavy atom. The minimum absolute atomic E-state index is 0.367. The smallest absolute Gasteiger partial charge is 0.183 e. The number of aromatic nitrogens is 2. The summed E-state index contributed by atoms with van der Waals surface area (Å²) in [7, 11) is 0. The average Bonchev–Trinajstić information content (AvgIpc) is 2.64. The van der Waals surface area contributed by atoms with E-state index in [1.165, 1.54) is 0 Å². The standard InChI is InChI=1S/C18H21N5O/c1-15-14-23(18-17(13-19)20-7-8-21-18)10-9-22(15)11-12-24-16-5-3-2-4-6-16/h2-8,15H,9-12,14H2,1H3. The van der Waals surface area contributed by atoms with E-state index in [0.717, 1.165) is 31.9 Å². The third kappa shape index (κ3) is 3.81. The lowest BCUT2D eigenvalue weighted by molar-refractivity contribution is 0.154. The highest BCUT2D eigenvalue weighted by Crippen LogP contribution is 2.19. The summed E-state index contributed by atoms with van der Waals surface area (Å²) in [5.74, 6) is 1.59. The Morgan fingerprint density at radius 1 is 1.21 bits per heavy atom. The third-order valence-electron chi connectivity index (χ3n) is 4.24. The molecule has 0 aliphatic carbocycles. The first-order valence-corrected chi connectivity index (χ1v) is 8.16. The van der Waals surface area contributed by atoms with Gasteiger partial charge in [0.15, 0.2) is 11.5 Å². The van der Waals surface area contributed by atoms with E-state index in [1.807, 2.05) is 30.3 Å². The first kappa shape index (κ1) is 16.2. The maximum Gasteiger partial charge on any atom is 0.183 e. The van der Waals surface area contributed by atoms with Crippen molar-refractivity contribution in [2.75, 3.05) is 37.7 Å². The van der Waals surface area contributed by atoms with Gasteiger partial charge in [-0.2, -0.15) is 5.26 Å². The van der Waals surface area contributed by atoms with Gasteiger partial charge in [0, 0.05) is 44.6 Å². The highest BCUT2D eigenvalue weighted by Gasteiger charge is 2.25. The van der Waals surface area contributed by atoms with Crippen LogP contribution in [0.25, 0.3) is 0 Å². The van der Waals surface area contributed by atoms with E-state index in [9.17, 15) is 5.26 Å². The molecule has 0 N–H and O–H groups in total. The number of hydrogen-bond donors (Lipinski definition) is 0. The molecule has 0 spiro atoms. The zero-order chi connectivity index (χ0) is 16.8. The fraction of sp³-hybridized carbons (Fsp3) is 0.389. The molecule has 2 heterocycles. The fourth-order valence-corrected chi connectivity index (χ4v) is 2.96. The van der Waals surface area contributed by atoms with Gasteiger partial charge in [-0.1, -0.05) is 18.2 Å². The van der Waals surface area contributed by atoms with Crippen LogP contribution < -0.4 is 9.64 Å². The summed E-state index contributed by atoms with van der Waals surface area (Å²) in [5, 5.41) is 9.19. The summed E-state index contributed by atoms with van der Waals surface area (Å²) in [5.41, 5.74) is 0.394. The molecule has 24 heavy (non-hydrogen) atoms. The predicted molar refractivity (Wildman–Crippen MR) is 91.9 cm³/mol. The number of benzene rings is 1. The maximum atomic E-state index is 9.19. The summed E-state index contributed by atoms with van der Waals surface area (Å²) < 4.78 is 5.78. The Morgan fingerprint density at radius 3 is 2.75 bits per heavy atom. The van der Waals surface area contributed by atoms with Crippen LogP contribution in [0.15, 0.2) is 42.7 Å². The van der Waals surface area contributed by atoms with Gasteiger partial charge in [-0.3, -0.25) is 4.90 Å².